The number of imide groups is 1. The van der Waals surface area contributed by atoms with Crippen LogP contribution in [0.2, 0.25) is 0 Å². The van der Waals surface area contributed by atoms with Crippen molar-refractivity contribution in [3.63, 3.8) is 0 Å². The standard InChI is InChI=1S/C21H20N2O5S/c1-13-23(20(25)16-4-2-3-5-17(16)28-13)10-11-27-15-8-6-14(7-9-15)12-18-19(24)22-21(26)29-18/h2-9,13,18H,10-12H2,1H3,(H,22,24,26). The smallest absolute Gasteiger partial charge is 0.286 e. The summed E-state index contributed by atoms with van der Waals surface area (Å²) in [5.74, 6) is 0.963. The van der Waals surface area contributed by atoms with E-state index in [0.29, 0.717) is 36.6 Å². The van der Waals surface area contributed by atoms with Gasteiger partial charge >= 0.3 is 0 Å². The maximum atomic E-state index is 12.7. The highest BCUT2D eigenvalue weighted by atomic mass is 32.2. The molecule has 2 aliphatic heterocycles. The molecule has 0 bridgehead atoms. The van der Waals surface area contributed by atoms with Crippen molar-refractivity contribution in [3.05, 3.63) is 59.7 Å². The fraction of sp³-hybridized carbons (Fsp3) is 0.286. The van der Waals surface area contributed by atoms with Gasteiger partial charge in [0.1, 0.15) is 18.1 Å². The van der Waals surface area contributed by atoms with E-state index in [2.05, 4.69) is 5.32 Å². The summed E-state index contributed by atoms with van der Waals surface area (Å²) in [4.78, 5) is 37.2. The molecule has 0 aromatic heterocycles. The van der Waals surface area contributed by atoms with E-state index in [9.17, 15) is 14.4 Å². The summed E-state index contributed by atoms with van der Waals surface area (Å²) in [7, 11) is 0. The van der Waals surface area contributed by atoms with Gasteiger partial charge in [-0.1, -0.05) is 36.0 Å². The SMILES string of the molecule is CC1Oc2ccccc2C(=O)N1CCOc1ccc(CC2SC(=O)NC2=O)cc1. The molecule has 0 aliphatic carbocycles. The average Bonchev–Trinajstić information content (AvgIpc) is 3.02. The highest BCUT2D eigenvalue weighted by molar-refractivity contribution is 8.15. The Labute approximate surface area is 172 Å². The van der Waals surface area contributed by atoms with Gasteiger partial charge in [-0.05, 0) is 43.2 Å². The van der Waals surface area contributed by atoms with Crippen LogP contribution in [0.15, 0.2) is 48.5 Å². The number of amides is 3. The van der Waals surface area contributed by atoms with Crippen molar-refractivity contribution in [2.45, 2.75) is 24.8 Å². The van der Waals surface area contributed by atoms with Crippen molar-refractivity contribution >= 4 is 28.8 Å². The summed E-state index contributed by atoms with van der Waals surface area (Å²) in [6, 6.07) is 14.6. The van der Waals surface area contributed by atoms with Crippen LogP contribution < -0.4 is 14.8 Å². The molecule has 0 radical (unpaired) electrons. The first-order chi connectivity index (χ1) is 14.0. The second-order valence-electron chi connectivity index (χ2n) is 6.79. The zero-order valence-electron chi connectivity index (χ0n) is 15.8. The number of benzene rings is 2. The Morgan fingerprint density at radius 2 is 1.86 bits per heavy atom. The highest BCUT2D eigenvalue weighted by Gasteiger charge is 2.32. The molecular weight excluding hydrogens is 392 g/mol. The van der Waals surface area contributed by atoms with Crippen LogP contribution in [-0.4, -0.2) is 46.6 Å². The molecule has 2 aromatic rings. The van der Waals surface area contributed by atoms with Crippen LogP contribution in [0.25, 0.3) is 0 Å². The van der Waals surface area contributed by atoms with Crippen LogP contribution in [0.3, 0.4) is 0 Å². The molecule has 2 unspecified atom stereocenters. The summed E-state index contributed by atoms with van der Waals surface area (Å²) in [6.07, 6.45) is 0.125. The number of hydrogen-bond acceptors (Lipinski definition) is 6. The van der Waals surface area contributed by atoms with Gasteiger partial charge in [0.15, 0.2) is 6.23 Å². The van der Waals surface area contributed by atoms with Gasteiger partial charge in [0.05, 0.1) is 17.4 Å². The molecule has 1 fully saturated rings. The van der Waals surface area contributed by atoms with E-state index >= 15 is 0 Å². The fourth-order valence-corrected chi connectivity index (χ4v) is 4.18. The molecule has 2 atom stereocenters. The van der Waals surface area contributed by atoms with E-state index in [1.54, 1.807) is 17.0 Å². The molecule has 2 aliphatic rings. The molecule has 8 heteroatoms. The first-order valence-corrected chi connectivity index (χ1v) is 10.2. The maximum Gasteiger partial charge on any atom is 0.286 e. The van der Waals surface area contributed by atoms with Crippen LogP contribution in [-0.2, 0) is 11.2 Å². The van der Waals surface area contributed by atoms with Crippen molar-refractivity contribution in [2.24, 2.45) is 0 Å². The zero-order chi connectivity index (χ0) is 20.4. The normalized spacial score (nSPS) is 20.9. The molecule has 4 rings (SSSR count). The van der Waals surface area contributed by atoms with E-state index < -0.39 is 0 Å². The summed E-state index contributed by atoms with van der Waals surface area (Å²) < 4.78 is 11.6. The van der Waals surface area contributed by atoms with E-state index in [0.717, 1.165) is 17.3 Å². The van der Waals surface area contributed by atoms with Gasteiger partial charge in [0, 0.05) is 0 Å². The monoisotopic (exact) mass is 412 g/mol. The summed E-state index contributed by atoms with van der Waals surface area (Å²) in [5, 5.41) is 1.61. The number of carbonyl (C=O) groups is 3. The molecule has 29 heavy (non-hydrogen) atoms. The Kier molecular flexibility index (Phi) is 5.44. The lowest BCUT2D eigenvalue weighted by molar-refractivity contribution is -0.118. The Hall–Kier alpha value is -3.00. The Bertz CT molecular complexity index is 946. The molecule has 150 valence electrons. The number of rotatable bonds is 6. The van der Waals surface area contributed by atoms with Gasteiger partial charge in [-0.3, -0.25) is 24.6 Å². The van der Waals surface area contributed by atoms with Gasteiger partial charge in [0.25, 0.3) is 11.1 Å². The number of thioether (sulfide) groups is 1. The second-order valence-corrected chi connectivity index (χ2v) is 7.97. The summed E-state index contributed by atoms with van der Waals surface area (Å²) in [6.45, 7) is 2.57. The molecule has 7 nitrogen and oxygen atoms in total. The molecular formula is C21H20N2O5S. The molecule has 0 spiro atoms. The lowest BCUT2D eigenvalue weighted by Gasteiger charge is -2.34. The predicted octanol–water partition coefficient (Wildman–Crippen LogP) is 2.84. The van der Waals surface area contributed by atoms with Gasteiger partial charge in [0.2, 0.25) is 5.91 Å². The first-order valence-electron chi connectivity index (χ1n) is 9.31. The van der Waals surface area contributed by atoms with Crippen molar-refractivity contribution in [2.75, 3.05) is 13.2 Å². The van der Waals surface area contributed by atoms with Gasteiger partial charge in [-0.2, -0.15) is 0 Å². The lowest BCUT2D eigenvalue weighted by atomic mass is 10.1. The van der Waals surface area contributed by atoms with Crippen LogP contribution in [0.4, 0.5) is 4.79 Å². The van der Waals surface area contributed by atoms with Gasteiger partial charge < -0.3 is 9.47 Å². The van der Waals surface area contributed by atoms with Crippen molar-refractivity contribution in [3.8, 4) is 11.5 Å². The maximum absolute atomic E-state index is 12.7. The fourth-order valence-electron chi connectivity index (χ4n) is 3.32. The van der Waals surface area contributed by atoms with Crippen LogP contribution >= 0.6 is 11.8 Å². The highest BCUT2D eigenvalue weighted by Crippen LogP contribution is 2.27. The zero-order valence-corrected chi connectivity index (χ0v) is 16.6. The predicted molar refractivity (Wildman–Crippen MR) is 108 cm³/mol. The lowest BCUT2D eigenvalue weighted by Crippen LogP contribution is -2.47. The van der Waals surface area contributed by atoms with E-state index in [4.69, 9.17) is 9.47 Å². The minimum atomic E-state index is -0.385. The summed E-state index contributed by atoms with van der Waals surface area (Å²) in [5.41, 5.74) is 1.51. The first kappa shape index (κ1) is 19.3. The quantitative estimate of drug-likeness (QED) is 0.785. The number of nitrogens with zero attached hydrogens (tertiary/aromatic N) is 1. The average molecular weight is 412 g/mol. The van der Waals surface area contributed by atoms with Crippen molar-refractivity contribution < 1.29 is 23.9 Å². The Morgan fingerprint density at radius 1 is 1.10 bits per heavy atom. The van der Waals surface area contributed by atoms with E-state index in [1.165, 1.54) is 0 Å². The largest absolute Gasteiger partial charge is 0.492 e. The number of fused-ring (bicyclic) bond motifs is 1. The number of para-hydroxylation sites is 1. The third-order valence-corrected chi connectivity index (χ3v) is 5.81. The molecule has 2 aromatic carbocycles. The summed E-state index contributed by atoms with van der Waals surface area (Å²) >= 11 is 1.02. The number of carbonyl (C=O) groups excluding carboxylic acids is 3. The number of hydrogen-bond donors (Lipinski definition) is 1. The van der Waals surface area contributed by atoms with Crippen LogP contribution in [0, 0.1) is 0 Å². The topological polar surface area (TPSA) is 84.9 Å². The molecule has 1 N–H and O–H groups in total. The Balaban J connectivity index is 1.30. The van der Waals surface area contributed by atoms with E-state index in [-0.39, 0.29) is 28.5 Å². The minimum absolute atomic E-state index is 0.0693. The van der Waals surface area contributed by atoms with Gasteiger partial charge in [-0.25, -0.2) is 0 Å². The molecule has 1 saturated heterocycles. The van der Waals surface area contributed by atoms with Crippen LogP contribution in [0.5, 0.6) is 11.5 Å². The van der Waals surface area contributed by atoms with Crippen LogP contribution in [0.1, 0.15) is 22.8 Å². The van der Waals surface area contributed by atoms with Crippen molar-refractivity contribution in [1.29, 1.82) is 0 Å². The molecule has 0 saturated carbocycles. The van der Waals surface area contributed by atoms with E-state index in [1.807, 2.05) is 43.3 Å². The third kappa shape index (κ3) is 4.22. The molecule has 2 heterocycles. The molecule has 3 amide bonds. The van der Waals surface area contributed by atoms with Gasteiger partial charge in [-0.15, -0.1) is 0 Å². The van der Waals surface area contributed by atoms with Crippen molar-refractivity contribution in [1.82, 2.24) is 10.2 Å². The second kappa shape index (κ2) is 8.16. The number of ether oxygens (including phenoxy) is 2. The third-order valence-electron chi connectivity index (χ3n) is 4.83. The minimum Gasteiger partial charge on any atom is -0.492 e. The number of nitrogens with one attached hydrogen (secondary N) is 1. The Morgan fingerprint density at radius 3 is 2.59 bits per heavy atom.